The summed E-state index contributed by atoms with van der Waals surface area (Å²) in [6, 6.07) is 0. The van der Waals surface area contributed by atoms with Crippen LogP contribution in [-0.4, -0.2) is 9.71 Å². The van der Waals surface area contributed by atoms with Crippen molar-refractivity contribution < 1.29 is 4.79 Å². The number of halogens is 1. The molecule has 0 aromatic carbocycles. The van der Waals surface area contributed by atoms with E-state index in [1.54, 1.807) is 0 Å². The quantitative estimate of drug-likeness (QED) is 0.393. The van der Waals surface area contributed by atoms with Gasteiger partial charge in [0.25, 0.3) is 0 Å². The van der Waals surface area contributed by atoms with Crippen LogP contribution in [0.2, 0.25) is 0 Å². The fourth-order valence-electron chi connectivity index (χ4n) is 7.03. The van der Waals surface area contributed by atoms with Gasteiger partial charge < -0.3 is 0 Å². The van der Waals surface area contributed by atoms with Crippen LogP contribution >= 0.6 is 22.6 Å². The first-order valence-electron chi connectivity index (χ1n) is 9.13. The monoisotopic (exact) mass is 400 g/mol. The van der Waals surface area contributed by atoms with Gasteiger partial charge in [0.05, 0.1) is 3.92 Å². The summed E-state index contributed by atoms with van der Waals surface area (Å²) < 4.78 is 0.290. The van der Waals surface area contributed by atoms with Gasteiger partial charge in [-0.15, -0.1) is 0 Å². The van der Waals surface area contributed by atoms with Crippen LogP contribution in [0, 0.1) is 34.5 Å². The number of carbonyl (C=O) groups excluding carboxylic acids is 1. The molecule has 0 aromatic heterocycles. The molecule has 4 aliphatic rings. The average Bonchev–Trinajstić information content (AvgIpc) is 2.70. The first kappa shape index (κ1) is 15.0. The standard InChI is InChI=1S/C19H29IO/c1-18-9-4-3-5-12(18)6-7-13-14(18)8-10-19(2)15(13)11-16(21)17(19)20/h12-15,17H,3-11H2,1-2H3/t12-,13+,14-,15-,17+,18+,19+/m1/s1. The Kier molecular flexibility index (Phi) is 3.52. The van der Waals surface area contributed by atoms with Crippen molar-refractivity contribution in [2.24, 2.45) is 34.5 Å². The van der Waals surface area contributed by atoms with E-state index >= 15 is 0 Å². The number of alkyl halides is 1. The second kappa shape index (κ2) is 4.95. The molecule has 4 aliphatic carbocycles. The van der Waals surface area contributed by atoms with Gasteiger partial charge in [0, 0.05) is 6.42 Å². The van der Waals surface area contributed by atoms with Gasteiger partial charge in [-0.2, -0.15) is 0 Å². The average molecular weight is 400 g/mol. The minimum absolute atomic E-state index is 0.290. The third-order valence-electron chi connectivity index (χ3n) is 8.30. The first-order valence-corrected chi connectivity index (χ1v) is 10.4. The molecule has 4 fully saturated rings. The van der Waals surface area contributed by atoms with E-state index in [1.807, 2.05) is 0 Å². The summed E-state index contributed by atoms with van der Waals surface area (Å²) in [5, 5.41) is 0. The lowest BCUT2D eigenvalue weighted by atomic mass is 9.45. The maximum atomic E-state index is 12.4. The van der Waals surface area contributed by atoms with E-state index in [-0.39, 0.29) is 3.92 Å². The van der Waals surface area contributed by atoms with Gasteiger partial charge in [-0.3, -0.25) is 4.79 Å². The van der Waals surface area contributed by atoms with Gasteiger partial charge in [-0.1, -0.05) is 49.3 Å². The highest BCUT2D eigenvalue weighted by Crippen LogP contribution is 2.66. The molecule has 21 heavy (non-hydrogen) atoms. The van der Waals surface area contributed by atoms with Crippen LogP contribution in [0.4, 0.5) is 0 Å². The fourth-order valence-corrected chi connectivity index (χ4v) is 8.06. The number of Topliss-reactive ketones (excluding diaryl/α,β-unsaturated/α-hetero) is 1. The number of ketones is 1. The van der Waals surface area contributed by atoms with Crippen molar-refractivity contribution in [2.75, 3.05) is 0 Å². The van der Waals surface area contributed by atoms with E-state index in [4.69, 9.17) is 0 Å². The maximum Gasteiger partial charge on any atom is 0.146 e. The Labute approximate surface area is 143 Å². The molecular formula is C19H29IO. The maximum absolute atomic E-state index is 12.4. The molecule has 4 rings (SSSR count). The molecule has 0 amide bonds. The minimum atomic E-state index is 0.290. The van der Waals surface area contributed by atoms with E-state index in [0.29, 0.717) is 22.5 Å². The molecule has 0 unspecified atom stereocenters. The number of hydrogen-bond acceptors (Lipinski definition) is 1. The topological polar surface area (TPSA) is 17.1 Å². The zero-order chi connectivity index (χ0) is 14.8. The van der Waals surface area contributed by atoms with Crippen molar-refractivity contribution in [3.63, 3.8) is 0 Å². The Balaban J connectivity index is 1.67. The van der Waals surface area contributed by atoms with Crippen molar-refractivity contribution in [3.05, 3.63) is 0 Å². The van der Waals surface area contributed by atoms with E-state index in [1.165, 1.54) is 51.4 Å². The Hall–Kier alpha value is 0.400. The second-order valence-corrected chi connectivity index (χ2v) is 10.2. The van der Waals surface area contributed by atoms with Crippen LogP contribution in [0.15, 0.2) is 0 Å². The molecule has 0 aliphatic heterocycles. The van der Waals surface area contributed by atoms with Crippen LogP contribution < -0.4 is 0 Å². The van der Waals surface area contributed by atoms with E-state index < -0.39 is 0 Å². The predicted molar refractivity (Wildman–Crippen MR) is 94.5 cm³/mol. The Morgan fingerprint density at radius 2 is 1.76 bits per heavy atom. The summed E-state index contributed by atoms with van der Waals surface area (Å²) in [5.41, 5.74) is 0.922. The molecule has 4 saturated carbocycles. The van der Waals surface area contributed by atoms with Crippen molar-refractivity contribution in [1.82, 2.24) is 0 Å². The van der Waals surface area contributed by atoms with Crippen molar-refractivity contribution in [3.8, 4) is 0 Å². The van der Waals surface area contributed by atoms with Crippen LogP contribution in [0.5, 0.6) is 0 Å². The second-order valence-electron chi connectivity index (χ2n) is 8.98. The van der Waals surface area contributed by atoms with Crippen molar-refractivity contribution in [2.45, 2.75) is 75.6 Å². The van der Waals surface area contributed by atoms with Crippen molar-refractivity contribution in [1.29, 1.82) is 0 Å². The number of hydrogen-bond donors (Lipinski definition) is 0. The summed E-state index contributed by atoms with van der Waals surface area (Å²) in [6.45, 7) is 5.06. The van der Waals surface area contributed by atoms with Gasteiger partial charge in [0.1, 0.15) is 5.78 Å². The molecule has 0 bridgehead atoms. The van der Waals surface area contributed by atoms with Gasteiger partial charge in [0.15, 0.2) is 0 Å². The normalized spacial score (nSPS) is 56.5. The zero-order valence-electron chi connectivity index (χ0n) is 13.5. The molecule has 0 radical (unpaired) electrons. The lowest BCUT2D eigenvalue weighted by Gasteiger charge is -2.60. The van der Waals surface area contributed by atoms with Gasteiger partial charge in [-0.25, -0.2) is 0 Å². The van der Waals surface area contributed by atoms with E-state index in [9.17, 15) is 4.79 Å². The Bertz CT molecular complexity index is 460. The lowest BCUT2D eigenvalue weighted by Crippen LogP contribution is -2.52. The smallest absolute Gasteiger partial charge is 0.146 e. The SMILES string of the molecule is C[C@]12CCCC[C@@H]1CC[C@H]1[C@H]2CC[C@@]2(C)[C@@H]1CC(=O)[C@@H]2I. The van der Waals surface area contributed by atoms with Crippen LogP contribution in [-0.2, 0) is 4.79 Å². The summed E-state index contributed by atoms with van der Waals surface area (Å²) >= 11 is 2.46. The van der Waals surface area contributed by atoms with Gasteiger partial charge in [-0.05, 0) is 73.0 Å². The highest BCUT2D eigenvalue weighted by molar-refractivity contribution is 14.1. The Morgan fingerprint density at radius 1 is 0.952 bits per heavy atom. The summed E-state index contributed by atoms with van der Waals surface area (Å²) in [5.74, 6) is 4.02. The largest absolute Gasteiger partial charge is 0.298 e. The molecule has 0 aromatic rings. The molecule has 0 saturated heterocycles. The van der Waals surface area contributed by atoms with Gasteiger partial charge >= 0.3 is 0 Å². The van der Waals surface area contributed by atoms with Crippen LogP contribution in [0.25, 0.3) is 0 Å². The molecule has 1 nitrogen and oxygen atoms in total. The van der Waals surface area contributed by atoms with Crippen LogP contribution in [0.3, 0.4) is 0 Å². The molecule has 2 heteroatoms. The minimum Gasteiger partial charge on any atom is -0.298 e. The lowest BCUT2D eigenvalue weighted by molar-refractivity contribution is -0.117. The Morgan fingerprint density at radius 3 is 2.57 bits per heavy atom. The number of carbonyl (C=O) groups is 1. The first-order chi connectivity index (χ1) is 9.97. The van der Waals surface area contributed by atoms with E-state index in [0.717, 1.165) is 24.2 Å². The molecule has 0 N–H and O–H groups in total. The van der Waals surface area contributed by atoms with Crippen LogP contribution in [0.1, 0.15) is 71.6 Å². The highest BCUT2D eigenvalue weighted by Gasteiger charge is 2.61. The van der Waals surface area contributed by atoms with E-state index in [2.05, 4.69) is 36.4 Å². The summed E-state index contributed by atoms with van der Waals surface area (Å²) in [7, 11) is 0. The fraction of sp³-hybridized carbons (Fsp3) is 0.947. The molecular weight excluding hydrogens is 371 g/mol. The van der Waals surface area contributed by atoms with Gasteiger partial charge in [0.2, 0.25) is 0 Å². The molecule has 0 heterocycles. The third-order valence-corrected chi connectivity index (χ3v) is 10.4. The highest BCUT2D eigenvalue weighted by atomic mass is 127. The molecule has 118 valence electrons. The summed E-state index contributed by atoms with van der Waals surface area (Å²) in [6.07, 6.45) is 12.3. The zero-order valence-corrected chi connectivity index (χ0v) is 15.7. The third kappa shape index (κ3) is 1.96. The number of rotatable bonds is 0. The number of fused-ring (bicyclic) bond motifs is 5. The summed E-state index contributed by atoms with van der Waals surface area (Å²) in [4.78, 5) is 12.4. The predicted octanol–water partition coefficient (Wildman–Crippen LogP) is 5.40. The molecule has 0 spiro atoms. The molecule has 7 atom stereocenters. The van der Waals surface area contributed by atoms with Crippen molar-refractivity contribution >= 4 is 28.4 Å².